The molecule has 1 aliphatic rings. The van der Waals surface area contributed by atoms with Gasteiger partial charge in [0.05, 0.1) is 11.6 Å². The number of nitrogens with two attached hydrogens (primary N) is 1. The number of benzene rings is 1. The number of rotatable bonds is 7. The Bertz CT molecular complexity index is 431. The molecular weight excluding hydrogens is 293 g/mol. The summed E-state index contributed by atoms with van der Waals surface area (Å²) in [5.41, 5.74) is 8.38. The van der Waals surface area contributed by atoms with Crippen molar-refractivity contribution in [3.63, 3.8) is 0 Å². The zero-order valence-electron chi connectivity index (χ0n) is 12.3. The van der Waals surface area contributed by atoms with E-state index in [0.717, 1.165) is 48.1 Å². The number of aryl methyl sites for hydroxylation is 1. The largest absolute Gasteiger partial charge is 0.491 e. The maximum Gasteiger partial charge on any atom is 0.141 e. The molecule has 1 atom stereocenters. The van der Waals surface area contributed by atoms with E-state index in [1.54, 1.807) is 0 Å². The minimum atomic E-state index is 0. The molecule has 2 rings (SSSR count). The molecule has 20 heavy (non-hydrogen) atoms. The fourth-order valence-electron chi connectivity index (χ4n) is 2.29. The van der Waals surface area contributed by atoms with Gasteiger partial charge in [0.2, 0.25) is 0 Å². The molecule has 1 fully saturated rings. The van der Waals surface area contributed by atoms with Gasteiger partial charge in [-0.05, 0) is 55.7 Å². The molecule has 1 aromatic rings. The second kappa shape index (κ2) is 8.11. The highest BCUT2D eigenvalue weighted by Gasteiger charge is 2.23. The smallest absolute Gasteiger partial charge is 0.141 e. The number of hydrogen-bond acceptors (Lipinski definition) is 2. The van der Waals surface area contributed by atoms with Gasteiger partial charge in [-0.3, -0.25) is 0 Å². The van der Waals surface area contributed by atoms with Gasteiger partial charge < -0.3 is 10.5 Å². The molecule has 0 bridgehead atoms. The summed E-state index contributed by atoms with van der Waals surface area (Å²) in [6.07, 6.45) is 5.56. The van der Waals surface area contributed by atoms with Gasteiger partial charge in [-0.2, -0.15) is 0 Å². The number of ether oxygens (including phenoxy) is 1. The first-order valence-corrected chi connectivity index (χ1v) is 7.67. The monoisotopic (exact) mass is 317 g/mol. The van der Waals surface area contributed by atoms with Crippen LogP contribution in [0.15, 0.2) is 12.1 Å². The van der Waals surface area contributed by atoms with Gasteiger partial charge in [-0.15, -0.1) is 12.4 Å². The molecule has 114 valence electrons. The van der Waals surface area contributed by atoms with Crippen LogP contribution in [0.25, 0.3) is 0 Å². The molecular formula is C16H25Cl2NO. The van der Waals surface area contributed by atoms with Gasteiger partial charge in [-0.25, -0.2) is 0 Å². The quantitative estimate of drug-likeness (QED) is 0.809. The van der Waals surface area contributed by atoms with Crippen LogP contribution in [-0.2, 0) is 12.8 Å². The van der Waals surface area contributed by atoms with Gasteiger partial charge in [0, 0.05) is 6.04 Å². The first kappa shape index (κ1) is 17.6. The molecule has 0 aliphatic heterocycles. The molecule has 0 radical (unpaired) electrons. The Morgan fingerprint density at radius 1 is 1.40 bits per heavy atom. The first-order chi connectivity index (χ1) is 9.10. The highest BCUT2D eigenvalue weighted by atomic mass is 35.5. The minimum Gasteiger partial charge on any atom is -0.491 e. The van der Waals surface area contributed by atoms with Crippen LogP contribution < -0.4 is 10.5 Å². The molecule has 0 aromatic heterocycles. The Labute approximate surface area is 133 Å². The van der Waals surface area contributed by atoms with E-state index in [9.17, 15) is 0 Å². The lowest BCUT2D eigenvalue weighted by Crippen LogP contribution is -2.19. The fraction of sp³-hybridized carbons (Fsp3) is 0.625. The standard InChI is InChI=1S/C16H24ClNO.ClH/c1-3-4-13-8-14(7-11(2)18)16(15(17)9-13)19-10-12-5-6-12;/h8-9,11-12H,3-7,10,18H2,1-2H3;1H. The summed E-state index contributed by atoms with van der Waals surface area (Å²) in [6.45, 7) is 4.99. The minimum absolute atomic E-state index is 0. The predicted molar refractivity (Wildman–Crippen MR) is 88.3 cm³/mol. The SMILES string of the molecule is CCCc1cc(Cl)c(OCC2CC2)c(CC(C)N)c1.Cl. The molecule has 0 saturated heterocycles. The summed E-state index contributed by atoms with van der Waals surface area (Å²) in [5, 5.41) is 0.738. The lowest BCUT2D eigenvalue weighted by molar-refractivity contribution is 0.296. The van der Waals surface area contributed by atoms with Gasteiger partial charge in [0.25, 0.3) is 0 Å². The van der Waals surface area contributed by atoms with Gasteiger partial charge in [-0.1, -0.05) is 31.0 Å². The average Bonchev–Trinajstić information content (AvgIpc) is 3.11. The maximum atomic E-state index is 6.39. The normalized spacial score (nSPS) is 15.6. The van der Waals surface area contributed by atoms with Crippen LogP contribution >= 0.6 is 24.0 Å². The van der Waals surface area contributed by atoms with Crippen LogP contribution in [0.1, 0.15) is 44.2 Å². The fourth-order valence-corrected chi connectivity index (χ4v) is 2.61. The highest BCUT2D eigenvalue weighted by molar-refractivity contribution is 6.32. The van der Waals surface area contributed by atoms with Crippen molar-refractivity contribution in [2.45, 2.75) is 52.0 Å². The third-order valence-corrected chi connectivity index (χ3v) is 3.70. The van der Waals surface area contributed by atoms with Crippen molar-refractivity contribution in [3.05, 3.63) is 28.3 Å². The Morgan fingerprint density at radius 2 is 2.10 bits per heavy atom. The van der Waals surface area contributed by atoms with Crippen molar-refractivity contribution in [1.82, 2.24) is 0 Å². The summed E-state index contributed by atoms with van der Waals surface area (Å²) in [5.74, 6) is 1.58. The van der Waals surface area contributed by atoms with Crippen LogP contribution in [-0.4, -0.2) is 12.6 Å². The molecule has 0 spiro atoms. The van der Waals surface area contributed by atoms with Crippen LogP contribution in [0, 0.1) is 5.92 Å². The van der Waals surface area contributed by atoms with Gasteiger partial charge >= 0.3 is 0 Å². The van der Waals surface area contributed by atoms with Gasteiger partial charge in [0.1, 0.15) is 5.75 Å². The first-order valence-electron chi connectivity index (χ1n) is 7.29. The number of halogens is 2. The molecule has 0 amide bonds. The summed E-state index contributed by atoms with van der Waals surface area (Å²) in [4.78, 5) is 0. The molecule has 1 saturated carbocycles. The highest BCUT2D eigenvalue weighted by Crippen LogP contribution is 2.35. The summed E-state index contributed by atoms with van der Waals surface area (Å²) in [6, 6.07) is 4.37. The van der Waals surface area contributed by atoms with E-state index in [4.69, 9.17) is 22.1 Å². The zero-order valence-corrected chi connectivity index (χ0v) is 13.9. The van der Waals surface area contributed by atoms with Crippen LogP contribution in [0.3, 0.4) is 0 Å². The Morgan fingerprint density at radius 3 is 2.65 bits per heavy atom. The second-order valence-electron chi connectivity index (χ2n) is 5.75. The zero-order chi connectivity index (χ0) is 13.8. The van der Waals surface area contributed by atoms with Crippen LogP contribution in [0.4, 0.5) is 0 Å². The van der Waals surface area contributed by atoms with Gasteiger partial charge in [0.15, 0.2) is 0 Å². The Balaban J connectivity index is 0.00000200. The van der Waals surface area contributed by atoms with Crippen molar-refractivity contribution in [2.75, 3.05) is 6.61 Å². The van der Waals surface area contributed by atoms with Crippen LogP contribution in [0.2, 0.25) is 5.02 Å². The molecule has 2 nitrogen and oxygen atoms in total. The molecule has 1 aliphatic carbocycles. The van der Waals surface area contributed by atoms with Crippen molar-refractivity contribution in [1.29, 1.82) is 0 Å². The van der Waals surface area contributed by atoms with E-state index < -0.39 is 0 Å². The van der Waals surface area contributed by atoms with E-state index in [0.29, 0.717) is 0 Å². The van der Waals surface area contributed by atoms with Crippen LogP contribution in [0.5, 0.6) is 5.75 Å². The lowest BCUT2D eigenvalue weighted by Gasteiger charge is -2.16. The van der Waals surface area contributed by atoms with E-state index in [2.05, 4.69) is 13.0 Å². The van der Waals surface area contributed by atoms with E-state index in [1.807, 2.05) is 13.0 Å². The number of hydrogen-bond donors (Lipinski definition) is 1. The summed E-state index contributed by atoms with van der Waals surface area (Å²) < 4.78 is 5.94. The molecule has 1 unspecified atom stereocenters. The van der Waals surface area contributed by atoms with Crippen molar-refractivity contribution in [3.8, 4) is 5.75 Å². The third-order valence-electron chi connectivity index (χ3n) is 3.42. The topological polar surface area (TPSA) is 35.2 Å². The second-order valence-corrected chi connectivity index (χ2v) is 6.16. The van der Waals surface area contributed by atoms with E-state index >= 15 is 0 Å². The van der Waals surface area contributed by atoms with E-state index in [1.165, 1.54) is 18.4 Å². The van der Waals surface area contributed by atoms with E-state index in [-0.39, 0.29) is 18.4 Å². The summed E-state index contributed by atoms with van der Waals surface area (Å²) in [7, 11) is 0. The lowest BCUT2D eigenvalue weighted by atomic mass is 10.0. The average molecular weight is 318 g/mol. The Hall–Kier alpha value is -0.440. The van der Waals surface area contributed by atoms with Crippen molar-refractivity contribution < 1.29 is 4.74 Å². The Kier molecular flexibility index (Phi) is 7.14. The molecule has 0 heterocycles. The molecule has 1 aromatic carbocycles. The van der Waals surface area contributed by atoms with Crippen molar-refractivity contribution in [2.24, 2.45) is 11.7 Å². The van der Waals surface area contributed by atoms with Crippen molar-refractivity contribution >= 4 is 24.0 Å². The summed E-state index contributed by atoms with van der Waals surface area (Å²) >= 11 is 6.39. The molecule has 4 heteroatoms. The predicted octanol–water partition coefficient (Wildman–Crippen LogP) is 4.39. The molecule has 2 N–H and O–H groups in total. The third kappa shape index (κ3) is 5.16. The maximum absolute atomic E-state index is 6.39.